The van der Waals surface area contributed by atoms with Gasteiger partial charge in [0.05, 0.1) is 13.2 Å². The lowest BCUT2D eigenvalue weighted by atomic mass is 10.3. The van der Waals surface area contributed by atoms with E-state index in [0.29, 0.717) is 19.4 Å². The van der Waals surface area contributed by atoms with E-state index in [1.807, 2.05) is 0 Å². The second kappa shape index (κ2) is 3.82. The molecule has 0 radical (unpaired) electrons. The normalized spacial score (nSPS) is 23.0. The van der Waals surface area contributed by atoms with E-state index in [9.17, 15) is 13.2 Å². The van der Waals surface area contributed by atoms with Gasteiger partial charge in [0.2, 0.25) is 5.89 Å². The lowest BCUT2D eigenvalue weighted by Crippen LogP contribution is -2.34. The number of morpholine rings is 1. The highest BCUT2D eigenvalue weighted by Crippen LogP contribution is 2.29. The van der Waals surface area contributed by atoms with Crippen LogP contribution in [-0.2, 0) is 10.9 Å². The third-order valence-electron chi connectivity index (χ3n) is 2.03. The molecule has 0 aliphatic carbocycles. The number of halogens is 3. The van der Waals surface area contributed by atoms with Gasteiger partial charge in [-0.25, -0.2) is 4.98 Å². The number of nitrogens with zero attached hydrogens (tertiary/aromatic N) is 1. The van der Waals surface area contributed by atoms with Crippen LogP contribution in [0.3, 0.4) is 0 Å². The first-order valence-electron chi connectivity index (χ1n) is 4.41. The van der Waals surface area contributed by atoms with Gasteiger partial charge in [0.1, 0.15) is 12.3 Å². The molecular weight excluding hydrogens is 213 g/mol. The van der Waals surface area contributed by atoms with Crippen molar-refractivity contribution in [2.75, 3.05) is 19.8 Å². The minimum absolute atomic E-state index is 0.0158. The summed E-state index contributed by atoms with van der Waals surface area (Å²) in [5, 5.41) is 2.95. The first-order chi connectivity index (χ1) is 7.07. The molecule has 2 rings (SSSR count). The molecule has 1 aromatic heterocycles. The van der Waals surface area contributed by atoms with E-state index < -0.39 is 17.9 Å². The molecule has 0 amide bonds. The summed E-state index contributed by atoms with van der Waals surface area (Å²) in [6.07, 6.45) is -3.84. The van der Waals surface area contributed by atoms with Gasteiger partial charge in [0.15, 0.2) is 5.69 Å². The molecule has 0 saturated carbocycles. The van der Waals surface area contributed by atoms with Gasteiger partial charge in [-0.2, -0.15) is 13.2 Å². The Hall–Kier alpha value is -1.08. The second-order valence-electron chi connectivity index (χ2n) is 3.15. The maximum Gasteiger partial charge on any atom is 0.436 e. The second-order valence-corrected chi connectivity index (χ2v) is 3.15. The minimum atomic E-state index is -4.46. The lowest BCUT2D eigenvalue weighted by molar-refractivity contribution is -0.141. The largest absolute Gasteiger partial charge is 0.447 e. The average Bonchev–Trinajstić information content (AvgIpc) is 2.67. The fourth-order valence-corrected chi connectivity index (χ4v) is 1.30. The molecule has 7 heteroatoms. The Morgan fingerprint density at radius 2 is 2.27 bits per heavy atom. The van der Waals surface area contributed by atoms with E-state index in [0.717, 1.165) is 0 Å². The third kappa shape index (κ3) is 2.29. The topological polar surface area (TPSA) is 47.3 Å². The summed E-state index contributed by atoms with van der Waals surface area (Å²) in [4.78, 5) is 3.37. The molecule has 1 saturated heterocycles. The number of alkyl halides is 3. The van der Waals surface area contributed by atoms with Crippen molar-refractivity contribution in [2.24, 2.45) is 0 Å². The lowest BCUT2D eigenvalue weighted by Gasteiger charge is -2.20. The van der Waals surface area contributed by atoms with Gasteiger partial charge >= 0.3 is 6.18 Å². The summed E-state index contributed by atoms with van der Waals surface area (Å²) in [6, 6.07) is -0.394. The van der Waals surface area contributed by atoms with Gasteiger partial charge in [0.25, 0.3) is 0 Å². The SMILES string of the molecule is FC(F)(F)c1coc(C2COCCN2)n1. The van der Waals surface area contributed by atoms with Gasteiger partial charge in [-0.3, -0.25) is 0 Å². The molecule has 0 spiro atoms. The van der Waals surface area contributed by atoms with Crippen LogP contribution in [0.5, 0.6) is 0 Å². The third-order valence-corrected chi connectivity index (χ3v) is 2.03. The predicted molar refractivity (Wildman–Crippen MR) is 43.1 cm³/mol. The Morgan fingerprint density at radius 1 is 1.47 bits per heavy atom. The Morgan fingerprint density at radius 3 is 2.80 bits per heavy atom. The maximum atomic E-state index is 12.2. The Balaban J connectivity index is 2.12. The van der Waals surface area contributed by atoms with Crippen molar-refractivity contribution < 1.29 is 22.3 Å². The predicted octanol–water partition coefficient (Wildman–Crippen LogP) is 1.35. The highest BCUT2D eigenvalue weighted by atomic mass is 19.4. The van der Waals surface area contributed by atoms with E-state index >= 15 is 0 Å². The molecule has 1 unspecified atom stereocenters. The molecule has 1 aliphatic heterocycles. The summed E-state index contributed by atoms with van der Waals surface area (Å²) >= 11 is 0. The van der Waals surface area contributed by atoms with Crippen LogP contribution in [0.25, 0.3) is 0 Å². The summed E-state index contributed by atoms with van der Waals surface area (Å²) in [5.41, 5.74) is -1.01. The first-order valence-corrected chi connectivity index (χ1v) is 4.41. The Labute approximate surface area is 83.4 Å². The van der Waals surface area contributed by atoms with Crippen LogP contribution in [0.1, 0.15) is 17.6 Å². The van der Waals surface area contributed by atoms with Gasteiger partial charge < -0.3 is 14.5 Å². The number of hydrogen-bond donors (Lipinski definition) is 1. The summed E-state index contributed by atoms with van der Waals surface area (Å²) in [5.74, 6) is 0.0158. The standard InChI is InChI=1S/C8H9F3N2O2/c9-8(10,11)6-4-15-7(13-6)5-3-14-2-1-12-5/h4-5,12H,1-3H2. The molecule has 2 heterocycles. The van der Waals surface area contributed by atoms with Gasteiger partial charge in [0, 0.05) is 6.54 Å². The summed E-state index contributed by atoms with van der Waals surface area (Å²) in [7, 11) is 0. The molecule has 4 nitrogen and oxygen atoms in total. The minimum Gasteiger partial charge on any atom is -0.447 e. The van der Waals surface area contributed by atoms with Crippen molar-refractivity contribution in [1.82, 2.24) is 10.3 Å². The van der Waals surface area contributed by atoms with Gasteiger partial charge in [-0.15, -0.1) is 0 Å². The van der Waals surface area contributed by atoms with Crippen LogP contribution in [-0.4, -0.2) is 24.7 Å². The van der Waals surface area contributed by atoms with Crippen molar-refractivity contribution in [3.8, 4) is 0 Å². The van der Waals surface area contributed by atoms with Crippen molar-refractivity contribution in [2.45, 2.75) is 12.2 Å². The molecule has 1 fully saturated rings. The molecule has 1 aliphatic rings. The zero-order valence-electron chi connectivity index (χ0n) is 7.67. The van der Waals surface area contributed by atoms with Crippen LogP contribution >= 0.6 is 0 Å². The molecule has 84 valence electrons. The molecule has 1 N–H and O–H groups in total. The van der Waals surface area contributed by atoms with Crippen LogP contribution in [0.15, 0.2) is 10.7 Å². The first kappa shape index (κ1) is 10.4. The average molecular weight is 222 g/mol. The molecule has 0 aromatic carbocycles. The Kier molecular flexibility index (Phi) is 2.66. The quantitative estimate of drug-likeness (QED) is 0.779. The van der Waals surface area contributed by atoms with Crippen molar-refractivity contribution in [3.63, 3.8) is 0 Å². The molecule has 1 atom stereocenters. The fraction of sp³-hybridized carbons (Fsp3) is 0.625. The molecule has 0 bridgehead atoms. The number of nitrogens with one attached hydrogen (secondary N) is 1. The van der Waals surface area contributed by atoms with Crippen molar-refractivity contribution in [1.29, 1.82) is 0 Å². The van der Waals surface area contributed by atoms with E-state index in [1.54, 1.807) is 0 Å². The van der Waals surface area contributed by atoms with Crippen LogP contribution in [0, 0.1) is 0 Å². The zero-order valence-corrected chi connectivity index (χ0v) is 7.67. The van der Waals surface area contributed by atoms with Crippen molar-refractivity contribution >= 4 is 0 Å². The smallest absolute Gasteiger partial charge is 0.436 e. The highest BCUT2D eigenvalue weighted by Gasteiger charge is 2.35. The van der Waals surface area contributed by atoms with Crippen molar-refractivity contribution in [3.05, 3.63) is 17.8 Å². The van der Waals surface area contributed by atoms with Gasteiger partial charge in [-0.05, 0) is 0 Å². The monoisotopic (exact) mass is 222 g/mol. The molecule has 1 aromatic rings. The van der Waals surface area contributed by atoms with E-state index in [1.165, 1.54) is 0 Å². The van der Waals surface area contributed by atoms with E-state index in [4.69, 9.17) is 9.15 Å². The number of hydrogen-bond acceptors (Lipinski definition) is 4. The zero-order chi connectivity index (χ0) is 10.9. The fourth-order valence-electron chi connectivity index (χ4n) is 1.30. The van der Waals surface area contributed by atoms with Crippen LogP contribution in [0.4, 0.5) is 13.2 Å². The highest BCUT2D eigenvalue weighted by molar-refractivity contribution is 5.04. The maximum absolute atomic E-state index is 12.2. The van der Waals surface area contributed by atoms with Crippen LogP contribution in [0.2, 0.25) is 0 Å². The Bertz CT molecular complexity index is 331. The number of oxazole rings is 1. The summed E-state index contributed by atoms with van der Waals surface area (Å²) in [6.45, 7) is 1.40. The number of aromatic nitrogens is 1. The van der Waals surface area contributed by atoms with Gasteiger partial charge in [-0.1, -0.05) is 0 Å². The molecular formula is C8H9F3N2O2. The summed E-state index contributed by atoms with van der Waals surface area (Å²) < 4.78 is 46.4. The number of rotatable bonds is 1. The van der Waals surface area contributed by atoms with Crippen LogP contribution < -0.4 is 5.32 Å². The van der Waals surface area contributed by atoms with E-state index in [2.05, 4.69) is 10.3 Å². The molecule has 15 heavy (non-hydrogen) atoms. The number of ether oxygens (including phenoxy) is 1. The van der Waals surface area contributed by atoms with E-state index in [-0.39, 0.29) is 12.5 Å².